The Hall–Kier alpha value is -3.93. The highest BCUT2D eigenvalue weighted by Gasteiger charge is 2.07. The maximum atomic E-state index is 12.0. The number of ether oxygens (including phenoxy) is 1. The van der Waals surface area contributed by atoms with Crippen molar-refractivity contribution in [3.63, 3.8) is 0 Å². The van der Waals surface area contributed by atoms with Crippen LogP contribution in [0.2, 0.25) is 0 Å². The van der Waals surface area contributed by atoms with Crippen LogP contribution in [0.1, 0.15) is 18.1 Å². The van der Waals surface area contributed by atoms with Crippen LogP contribution in [-0.2, 0) is 9.59 Å². The number of nitrogens with zero attached hydrogens (tertiary/aromatic N) is 1. The van der Waals surface area contributed by atoms with Crippen molar-refractivity contribution in [3.8, 4) is 5.75 Å². The van der Waals surface area contributed by atoms with Crippen molar-refractivity contribution in [1.29, 1.82) is 0 Å². The van der Waals surface area contributed by atoms with Crippen molar-refractivity contribution in [1.82, 2.24) is 10.7 Å². The first-order chi connectivity index (χ1) is 14.7. The van der Waals surface area contributed by atoms with E-state index in [4.69, 9.17) is 4.74 Å². The largest absolute Gasteiger partial charge is 0.493 e. The van der Waals surface area contributed by atoms with E-state index in [1.54, 1.807) is 12.3 Å². The van der Waals surface area contributed by atoms with E-state index in [-0.39, 0.29) is 12.5 Å². The van der Waals surface area contributed by atoms with Crippen molar-refractivity contribution in [2.45, 2.75) is 6.92 Å². The monoisotopic (exact) mass is 401 g/mol. The minimum absolute atomic E-state index is 0.177. The summed E-state index contributed by atoms with van der Waals surface area (Å²) in [5.74, 6) is -0.0925. The van der Waals surface area contributed by atoms with Gasteiger partial charge in [0.15, 0.2) is 0 Å². The van der Waals surface area contributed by atoms with Crippen LogP contribution in [0.5, 0.6) is 5.75 Å². The molecule has 0 spiro atoms. The van der Waals surface area contributed by atoms with Crippen LogP contribution in [0.3, 0.4) is 0 Å². The molecule has 0 aliphatic heterocycles. The Morgan fingerprint density at radius 1 is 1.00 bits per heavy atom. The molecule has 30 heavy (non-hydrogen) atoms. The molecule has 0 atom stereocenters. The van der Waals surface area contributed by atoms with E-state index >= 15 is 0 Å². The van der Waals surface area contributed by atoms with E-state index in [2.05, 4.69) is 15.8 Å². The molecule has 152 valence electrons. The van der Waals surface area contributed by atoms with Gasteiger partial charge in [-0.15, -0.1) is 0 Å². The number of carbonyl (C=O) groups is 2. The number of benzene rings is 3. The Morgan fingerprint density at radius 3 is 2.57 bits per heavy atom. The molecule has 0 heterocycles. The van der Waals surface area contributed by atoms with Gasteiger partial charge in [0.1, 0.15) is 5.75 Å². The maximum Gasteiger partial charge on any atom is 0.259 e. The molecule has 3 aromatic rings. The molecule has 6 heteroatoms. The number of carbonyl (C=O) groups excluding carboxylic acids is 2. The van der Waals surface area contributed by atoms with Gasteiger partial charge >= 0.3 is 0 Å². The van der Waals surface area contributed by atoms with Crippen molar-refractivity contribution in [3.05, 3.63) is 83.9 Å². The van der Waals surface area contributed by atoms with E-state index in [9.17, 15) is 9.59 Å². The van der Waals surface area contributed by atoms with Crippen LogP contribution < -0.4 is 15.5 Å². The van der Waals surface area contributed by atoms with Crippen molar-refractivity contribution >= 4 is 34.9 Å². The third kappa shape index (κ3) is 5.78. The van der Waals surface area contributed by atoms with E-state index in [0.29, 0.717) is 12.4 Å². The zero-order chi connectivity index (χ0) is 21.2. The molecule has 6 nitrogen and oxygen atoms in total. The first-order valence-electron chi connectivity index (χ1n) is 9.65. The van der Waals surface area contributed by atoms with Crippen LogP contribution in [0.4, 0.5) is 0 Å². The van der Waals surface area contributed by atoms with Gasteiger partial charge in [0.2, 0.25) is 5.91 Å². The SMILES string of the molecule is CCOc1ccc2ccccc2c1C=NNC(=O)CNC(=O)C=Cc1ccccc1. The van der Waals surface area contributed by atoms with E-state index < -0.39 is 5.91 Å². The standard InChI is InChI=1S/C24H23N3O3/c1-2-30-22-14-13-19-10-6-7-11-20(19)21(22)16-26-27-24(29)17-25-23(28)15-12-18-8-4-3-5-9-18/h3-16H,2,17H2,1H3,(H,25,28)(H,27,29). The third-order valence-electron chi connectivity index (χ3n) is 4.26. The lowest BCUT2D eigenvalue weighted by Crippen LogP contribution is -2.34. The number of hydrogen-bond donors (Lipinski definition) is 2. The first kappa shape index (κ1) is 20.8. The average Bonchev–Trinajstić information content (AvgIpc) is 2.78. The lowest BCUT2D eigenvalue weighted by molar-refractivity contribution is -0.123. The molecule has 2 amide bonds. The van der Waals surface area contributed by atoms with Gasteiger partial charge in [0.05, 0.1) is 19.4 Å². The Kier molecular flexibility index (Phi) is 7.33. The Morgan fingerprint density at radius 2 is 1.77 bits per heavy atom. The van der Waals surface area contributed by atoms with Crippen molar-refractivity contribution in [2.24, 2.45) is 5.10 Å². The van der Waals surface area contributed by atoms with Crippen LogP contribution >= 0.6 is 0 Å². The van der Waals surface area contributed by atoms with Gasteiger partial charge in [-0.1, -0.05) is 60.7 Å². The molecule has 3 aromatic carbocycles. The number of amides is 2. The van der Waals surface area contributed by atoms with Crippen LogP contribution in [0.15, 0.2) is 77.9 Å². The highest BCUT2D eigenvalue weighted by Crippen LogP contribution is 2.26. The van der Waals surface area contributed by atoms with Crippen LogP contribution in [0.25, 0.3) is 16.8 Å². The van der Waals surface area contributed by atoms with E-state index in [1.807, 2.05) is 73.7 Å². The molecule has 0 unspecified atom stereocenters. The van der Waals surface area contributed by atoms with E-state index in [0.717, 1.165) is 21.9 Å². The highest BCUT2D eigenvalue weighted by molar-refractivity contribution is 6.02. The van der Waals surface area contributed by atoms with Crippen LogP contribution in [0, 0.1) is 0 Å². The Balaban J connectivity index is 1.57. The number of rotatable bonds is 8. The summed E-state index contributed by atoms with van der Waals surface area (Å²) in [6, 6.07) is 21.2. The average molecular weight is 401 g/mol. The number of fused-ring (bicyclic) bond motifs is 1. The van der Waals surface area contributed by atoms with Gasteiger partial charge in [-0.2, -0.15) is 5.10 Å². The van der Waals surface area contributed by atoms with Gasteiger partial charge in [0, 0.05) is 11.6 Å². The topological polar surface area (TPSA) is 79.8 Å². The van der Waals surface area contributed by atoms with Gasteiger partial charge in [-0.25, -0.2) is 5.43 Å². The molecule has 0 fully saturated rings. The molecule has 0 bridgehead atoms. The summed E-state index contributed by atoms with van der Waals surface area (Å²) in [6.07, 6.45) is 4.62. The van der Waals surface area contributed by atoms with Gasteiger partial charge in [-0.05, 0) is 35.4 Å². The van der Waals surface area contributed by atoms with Gasteiger partial charge < -0.3 is 10.1 Å². The lowest BCUT2D eigenvalue weighted by Gasteiger charge is -2.10. The summed E-state index contributed by atoms with van der Waals surface area (Å²) in [7, 11) is 0. The summed E-state index contributed by atoms with van der Waals surface area (Å²) in [6.45, 7) is 2.25. The lowest BCUT2D eigenvalue weighted by atomic mass is 10.0. The fraction of sp³-hybridized carbons (Fsp3) is 0.125. The fourth-order valence-corrected chi connectivity index (χ4v) is 2.86. The number of hydrazone groups is 1. The predicted octanol–water partition coefficient (Wildman–Crippen LogP) is 3.52. The zero-order valence-electron chi connectivity index (χ0n) is 16.7. The zero-order valence-corrected chi connectivity index (χ0v) is 16.7. The summed E-state index contributed by atoms with van der Waals surface area (Å²) in [5.41, 5.74) is 4.12. The summed E-state index contributed by atoms with van der Waals surface area (Å²) in [5, 5.41) is 8.58. The quantitative estimate of drug-likeness (QED) is 0.344. The van der Waals surface area contributed by atoms with E-state index in [1.165, 1.54) is 6.08 Å². The molecule has 2 N–H and O–H groups in total. The van der Waals surface area contributed by atoms with Gasteiger partial charge in [0.25, 0.3) is 5.91 Å². The minimum atomic E-state index is -0.425. The second-order valence-electron chi connectivity index (χ2n) is 6.39. The Bertz CT molecular complexity index is 1080. The predicted molar refractivity (Wildman–Crippen MR) is 119 cm³/mol. The molecule has 0 aliphatic carbocycles. The highest BCUT2D eigenvalue weighted by atomic mass is 16.5. The summed E-state index contributed by atoms with van der Waals surface area (Å²) < 4.78 is 5.68. The molecular weight excluding hydrogens is 378 g/mol. The third-order valence-corrected chi connectivity index (χ3v) is 4.26. The maximum absolute atomic E-state index is 12.0. The fourth-order valence-electron chi connectivity index (χ4n) is 2.86. The molecular formula is C24H23N3O3. The molecule has 0 aliphatic rings. The normalized spacial score (nSPS) is 11.1. The van der Waals surface area contributed by atoms with Crippen molar-refractivity contribution < 1.29 is 14.3 Å². The number of hydrogen-bond acceptors (Lipinski definition) is 4. The second kappa shape index (κ2) is 10.6. The molecule has 3 rings (SSSR count). The van der Waals surface area contributed by atoms with Crippen molar-refractivity contribution in [2.75, 3.05) is 13.2 Å². The molecule has 0 aromatic heterocycles. The smallest absolute Gasteiger partial charge is 0.259 e. The molecule has 0 saturated carbocycles. The summed E-state index contributed by atoms with van der Waals surface area (Å²) in [4.78, 5) is 23.8. The minimum Gasteiger partial charge on any atom is -0.493 e. The molecule has 0 radical (unpaired) electrons. The van der Waals surface area contributed by atoms with Gasteiger partial charge in [-0.3, -0.25) is 9.59 Å². The first-order valence-corrected chi connectivity index (χ1v) is 9.65. The molecule has 0 saturated heterocycles. The van der Waals surface area contributed by atoms with Crippen LogP contribution in [-0.4, -0.2) is 31.2 Å². The Labute approximate surface area is 175 Å². The second-order valence-corrected chi connectivity index (χ2v) is 6.39. The number of nitrogens with one attached hydrogen (secondary N) is 2. The summed E-state index contributed by atoms with van der Waals surface area (Å²) >= 11 is 0.